The molecule has 8 nitrogen and oxygen atoms in total. The first-order valence-corrected chi connectivity index (χ1v) is 11.8. The summed E-state index contributed by atoms with van der Waals surface area (Å²) in [5, 5.41) is 26.1. The van der Waals surface area contributed by atoms with E-state index in [-0.39, 0.29) is 25.7 Å². The molecule has 0 radical (unpaired) electrons. The van der Waals surface area contributed by atoms with Gasteiger partial charge in [0, 0.05) is 19.3 Å². The van der Waals surface area contributed by atoms with Crippen LogP contribution in [0.25, 0.3) is 0 Å². The third-order valence-electron chi connectivity index (χ3n) is 5.44. The standard InChI is InChI=1S/C23H41NO7/c25-20(23(30)19(24-31)17-18-22(28)29)15-13-11-9-7-5-3-1-2-4-6-8-10-12-14-16-21(26)27/h19,24,31H,1-18H2,(H,26,27)(H,28,29)/t19-/m0/s1. The second kappa shape index (κ2) is 20.1. The molecule has 0 aromatic heterocycles. The van der Waals surface area contributed by atoms with Gasteiger partial charge in [-0.25, -0.2) is 0 Å². The van der Waals surface area contributed by atoms with Crippen molar-refractivity contribution in [1.82, 2.24) is 5.48 Å². The van der Waals surface area contributed by atoms with E-state index in [9.17, 15) is 19.2 Å². The van der Waals surface area contributed by atoms with Crippen molar-refractivity contribution in [2.24, 2.45) is 0 Å². The number of carboxylic acid groups (broad SMARTS) is 2. The van der Waals surface area contributed by atoms with Gasteiger partial charge in [0.05, 0.1) is 6.04 Å². The number of Topliss-reactive ketones (excluding diaryl/α,β-unsaturated/α-hetero) is 2. The minimum Gasteiger partial charge on any atom is -0.481 e. The zero-order valence-electron chi connectivity index (χ0n) is 18.8. The zero-order chi connectivity index (χ0) is 23.3. The van der Waals surface area contributed by atoms with Crippen LogP contribution in [0.4, 0.5) is 0 Å². The van der Waals surface area contributed by atoms with E-state index in [4.69, 9.17) is 15.4 Å². The highest BCUT2D eigenvalue weighted by molar-refractivity contribution is 6.39. The molecule has 0 aromatic carbocycles. The first kappa shape index (κ1) is 29.2. The van der Waals surface area contributed by atoms with Crippen LogP contribution >= 0.6 is 0 Å². The second-order valence-corrected chi connectivity index (χ2v) is 8.25. The summed E-state index contributed by atoms with van der Waals surface area (Å²) in [6, 6.07) is -1.14. The van der Waals surface area contributed by atoms with Crippen LogP contribution in [-0.4, -0.2) is 45.0 Å². The number of nitrogens with one attached hydrogen (secondary N) is 1. The average molecular weight is 444 g/mol. The molecule has 0 aliphatic heterocycles. The SMILES string of the molecule is O=C(O)CCCCCCCCCCCCCCCCC(=O)C(=O)[C@H](CCC(=O)O)NO. The maximum atomic E-state index is 11.9. The van der Waals surface area contributed by atoms with E-state index >= 15 is 0 Å². The molecule has 0 aromatic rings. The van der Waals surface area contributed by atoms with E-state index in [2.05, 4.69) is 0 Å². The molecule has 4 N–H and O–H groups in total. The summed E-state index contributed by atoms with van der Waals surface area (Å²) in [6.45, 7) is 0. The molecule has 0 amide bonds. The largest absolute Gasteiger partial charge is 0.481 e. The van der Waals surface area contributed by atoms with Gasteiger partial charge in [-0.1, -0.05) is 77.0 Å². The third-order valence-corrected chi connectivity index (χ3v) is 5.44. The van der Waals surface area contributed by atoms with Gasteiger partial charge in [-0.15, -0.1) is 0 Å². The molecule has 0 rings (SSSR count). The van der Waals surface area contributed by atoms with Crippen LogP contribution in [0.15, 0.2) is 0 Å². The Labute approximate surface area is 185 Å². The fraction of sp³-hybridized carbons (Fsp3) is 0.826. The summed E-state index contributed by atoms with van der Waals surface area (Å²) in [6.07, 6.45) is 15.1. The van der Waals surface area contributed by atoms with Crippen molar-refractivity contribution in [1.29, 1.82) is 0 Å². The van der Waals surface area contributed by atoms with Gasteiger partial charge in [-0.3, -0.25) is 19.2 Å². The molecular weight excluding hydrogens is 402 g/mol. The number of rotatable bonds is 23. The Morgan fingerprint density at radius 3 is 1.26 bits per heavy atom. The van der Waals surface area contributed by atoms with E-state index in [1.807, 2.05) is 0 Å². The molecule has 0 aliphatic rings. The summed E-state index contributed by atoms with van der Waals surface area (Å²) in [5.41, 5.74) is 1.74. The number of unbranched alkanes of at least 4 members (excludes halogenated alkanes) is 13. The molecular formula is C23H41NO7. The molecule has 0 spiro atoms. The Morgan fingerprint density at radius 1 is 0.548 bits per heavy atom. The predicted octanol–water partition coefficient (Wildman–Crippen LogP) is 4.66. The molecule has 8 heteroatoms. The molecule has 0 aliphatic carbocycles. The van der Waals surface area contributed by atoms with Crippen molar-refractivity contribution in [2.75, 3.05) is 0 Å². The first-order chi connectivity index (χ1) is 14.9. The number of carbonyl (C=O) groups excluding carboxylic acids is 2. The number of carboxylic acids is 2. The summed E-state index contributed by atoms with van der Waals surface area (Å²) in [5.74, 6) is -3.09. The molecule has 0 saturated carbocycles. The first-order valence-electron chi connectivity index (χ1n) is 11.8. The van der Waals surface area contributed by atoms with Crippen molar-refractivity contribution in [2.45, 2.75) is 122 Å². The predicted molar refractivity (Wildman–Crippen MR) is 117 cm³/mol. The third kappa shape index (κ3) is 18.7. The van der Waals surface area contributed by atoms with Crippen LogP contribution in [-0.2, 0) is 19.2 Å². The molecule has 180 valence electrons. The summed E-state index contributed by atoms with van der Waals surface area (Å²) in [7, 11) is 0. The van der Waals surface area contributed by atoms with E-state index in [0.717, 1.165) is 38.5 Å². The highest BCUT2D eigenvalue weighted by Crippen LogP contribution is 2.14. The summed E-state index contributed by atoms with van der Waals surface area (Å²) < 4.78 is 0. The van der Waals surface area contributed by atoms with Gasteiger partial charge < -0.3 is 15.4 Å². The van der Waals surface area contributed by atoms with E-state index in [0.29, 0.717) is 6.42 Å². The summed E-state index contributed by atoms with van der Waals surface area (Å²) in [4.78, 5) is 44.7. The lowest BCUT2D eigenvalue weighted by atomic mass is 9.99. The molecule has 31 heavy (non-hydrogen) atoms. The molecule has 0 saturated heterocycles. The second-order valence-electron chi connectivity index (χ2n) is 8.25. The maximum absolute atomic E-state index is 11.9. The Morgan fingerprint density at radius 2 is 0.903 bits per heavy atom. The van der Waals surface area contributed by atoms with Crippen LogP contribution in [0.2, 0.25) is 0 Å². The highest BCUT2D eigenvalue weighted by atomic mass is 16.5. The van der Waals surface area contributed by atoms with Gasteiger partial charge in [0.25, 0.3) is 0 Å². The maximum Gasteiger partial charge on any atom is 0.303 e. The Kier molecular flexibility index (Phi) is 19.0. The van der Waals surface area contributed by atoms with E-state index < -0.39 is 29.5 Å². The fourth-order valence-corrected chi connectivity index (χ4v) is 3.52. The van der Waals surface area contributed by atoms with Crippen molar-refractivity contribution in [3.63, 3.8) is 0 Å². The number of carbonyl (C=O) groups is 4. The van der Waals surface area contributed by atoms with Gasteiger partial charge in [0.2, 0.25) is 5.78 Å². The van der Waals surface area contributed by atoms with Crippen LogP contribution in [0, 0.1) is 0 Å². The Bertz CT molecular complexity index is 522. The van der Waals surface area contributed by atoms with E-state index in [1.165, 1.54) is 44.9 Å². The summed E-state index contributed by atoms with van der Waals surface area (Å²) >= 11 is 0. The number of hydrogen-bond donors (Lipinski definition) is 4. The molecule has 1 atom stereocenters. The Hall–Kier alpha value is -1.80. The van der Waals surface area contributed by atoms with Crippen molar-refractivity contribution in [3.8, 4) is 0 Å². The minimum atomic E-state index is -1.14. The van der Waals surface area contributed by atoms with Gasteiger partial charge in [-0.05, 0) is 19.3 Å². The number of aliphatic carboxylic acids is 2. The molecule has 0 heterocycles. The van der Waals surface area contributed by atoms with Gasteiger partial charge >= 0.3 is 11.9 Å². The molecule has 0 unspecified atom stereocenters. The number of hydrogen-bond acceptors (Lipinski definition) is 6. The number of ketones is 2. The van der Waals surface area contributed by atoms with Crippen molar-refractivity contribution >= 4 is 23.5 Å². The topological polar surface area (TPSA) is 141 Å². The van der Waals surface area contributed by atoms with Crippen LogP contribution in [0.5, 0.6) is 0 Å². The van der Waals surface area contributed by atoms with E-state index in [1.54, 1.807) is 5.48 Å². The van der Waals surface area contributed by atoms with Gasteiger partial charge in [0.15, 0.2) is 5.78 Å². The van der Waals surface area contributed by atoms with Crippen LogP contribution in [0.3, 0.4) is 0 Å². The molecule has 0 fully saturated rings. The van der Waals surface area contributed by atoms with Crippen molar-refractivity contribution in [3.05, 3.63) is 0 Å². The quantitative estimate of drug-likeness (QED) is 0.101. The lowest BCUT2D eigenvalue weighted by Crippen LogP contribution is -2.39. The highest BCUT2D eigenvalue weighted by Gasteiger charge is 2.24. The smallest absolute Gasteiger partial charge is 0.303 e. The molecule has 0 bridgehead atoms. The number of hydroxylamine groups is 1. The van der Waals surface area contributed by atoms with Crippen LogP contribution in [0.1, 0.15) is 116 Å². The van der Waals surface area contributed by atoms with Gasteiger partial charge in [-0.2, -0.15) is 5.48 Å². The normalized spacial score (nSPS) is 11.9. The lowest BCUT2D eigenvalue weighted by Gasteiger charge is -2.11. The van der Waals surface area contributed by atoms with Crippen molar-refractivity contribution < 1.29 is 34.6 Å². The minimum absolute atomic E-state index is 0.108. The Balaban J connectivity index is 3.47. The average Bonchev–Trinajstić information content (AvgIpc) is 2.73. The lowest BCUT2D eigenvalue weighted by molar-refractivity contribution is -0.141. The van der Waals surface area contributed by atoms with Gasteiger partial charge in [0.1, 0.15) is 0 Å². The van der Waals surface area contributed by atoms with Crippen LogP contribution < -0.4 is 5.48 Å². The fourth-order valence-electron chi connectivity index (χ4n) is 3.52. The zero-order valence-corrected chi connectivity index (χ0v) is 18.8. The monoisotopic (exact) mass is 443 g/mol.